The van der Waals surface area contributed by atoms with E-state index < -0.39 is 0 Å². The third kappa shape index (κ3) is 3.85. The van der Waals surface area contributed by atoms with E-state index in [4.69, 9.17) is 0 Å². The fourth-order valence-electron chi connectivity index (χ4n) is 1.83. The van der Waals surface area contributed by atoms with E-state index in [1.165, 1.54) is 12.5 Å². The van der Waals surface area contributed by atoms with Crippen LogP contribution in [0, 0.1) is 0 Å². The van der Waals surface area contributed by atoms with Crippen LogP contribution in [0.5, 0.6) is 0 Å². The Morgan fingerprint density at radius 1 is 0.895 bits per heavy atom. The minimum Gasteiger partial charge on any atom is -0.356 e. The van der Waals surface area contributed by atoms with Gasteiger partial charge >= 0.3 is 0 Å². The van der Waals surface area contributed by atoms with Crippen molar-refractivity contribution in [1.29, 1.82) is 0 Å². The summed E-state index contributed by atoms with van der Waals surface area (Å²) in [6, 6.07) is 16.0. The first-order valence-electron chi connectivity index (χ1n) is 6.41. The summed E-state index contributed by atoms with van der Waals surface area (Å²) in [6.07, 6.45) is 1.05. The minimum absolute atomic E-state index is 0.0594. The molecule has 3 nitrogen and oxygen atoms in total. The molecule has 0 spiro atoms. The fraction of sp³-hybridized carbons (Fsp3) is 0.188. The van der Waals surface area contributed by atoms with Crippen LogP contribution in [0.2, 0.25) is 0 Å². The van der Waals surface area contributed by atoms with E-state index >= 15 is 0 Å². The van der Waals surface area contributed by atoms with Crippen LogP contribution in [0.4, 0.5) is 17.1 Å². The van der Waals surface area contributed by atoms with Crippen molar-refractivity contribution in [2.24, 2.45) is 0 Å². The van der Waals surface area contributed by atoms with Gasteiger partial charge in [0.2, 0.25) is 5.91 Å². The summed E-state index contributed by atoms with van der Waals surface area (Å²) >= 11 is 0. The maximum Gasteiger partial charge on any atom is 0.221 e. The average molecular weight is 254 g/mol. The highest BCUT2D eigenvalue weighted by atomic mass is 16.1. The molecular weight excluding hydrogens is 236 g/mol. The van der Waals surface area contributed by atoms with Crippen LogP contribution in [-0.4, -0.2) is 5.91 Å². The second-order valence-corrected chi connectivity index (χ2v) is 4.43. The van der Waals surface area contributed by atoms with E-state index in [1.54, 1.807) is 0 Å². The number of hydrogen-bond donors (Lipinski definition) is 2. The molecule has 0 aromatic heterocycles. The number of carbonyl (C=O) groups excluding carboxylic acids is 1. The van der Waals surface area contributed by atoms with E-state index in [2.05, 4.69) is 41.8 Å². The smallest absolute Gasteiger partial charge is 0.221 e. The van der Waals surface area contributed by atoms with Gasteiger partial charge in [0.15, 0.2) is 0 Å². The van der Waals surface area contributed by atoms with Gasteiger partial charge in [-0.25, -0.2) is 0 Å². The van der Waals surface area contributed by atoms with E-state index in [0.717, 1.165) is 23.5 Å². The minimum atomic E-state index is -0.0594. The fourth-order valence-corrected chi connectivity index (χ4v) is 1.83. The molecule has 0 saturated carbocycles. The topological polar surface area (TPSA) is 41.1 Å². The second-order valence-electron chi connectivity index (χ2n) is 4.43. The molecule has 0 heterocycles. The number of hydrogen-bond acceptors (Lipinski definition) is 2. The molecule has 0 aliphatic heterocycles. The number of amides is 1. The molecule has 0 aliphatic rings. The Hall–Kier alpha value is -2.29. The molecule has 0 atom stereocenters. The number of carbonyl (C=O) groups is 1. The van der Waals surface area contributed by atoms with Crippen molar-refractivity contribution in [3.63, 3.8) is 0 Å². The van der Waals surface area contributed by atoms with Crippen molar-refractivity contribution in [1.82, 2.24) is 0 Å². The Morgan fingerprint density at radius 3 is 1.84 bits per heavy atom. The Labute approximate surface area is 113 Å². The number of anilines is 3. The first kappa shape index (κ1) is 13.1. The molecule has 19 heavy (non-hydrogen) atoms. The summed E-state index contributed by atoms with van der Waals surface area (Å²) < 4.78 is 0. The lowest BCUT2D eigenvalue weighted by Gasteiger charge is -2.08. The number of nitrogens with one attached hydrogen (secondary N) is 2. The third-order valence-corrected chi connectivity index (χ3v) is 2.86. The van der Waals surface area contributed by atoms with Gasteiger partial charge in [-0.2, -0.15) is 0 Å². The van der Waals surface area contributed by atoms with E-state index in [9.17, 15) is 4.79 Å². The molecule has 2 rings (SSSR count). The predicted molar refractivity (Wildman–Crippen MR) is 79.8 cm³/mol. The standard InChI is InChI=1S/C16H18N2O/c1-3-13-4-6-15(7-5-13)18-16-10-8-14(9-11-16)17-12(2)19/h4-11,18H,3H2,1-2H3,(H,17,19). The molecule has 0 fully saturated rings. The molecular formula is C16H18N2O. The van der Waals surface area contributed by atoms with Gasteiger partial charge in [0, 0.05) is 24.0 Å². The van der Waals surface area contributed by atoms with Gasteiger partial charge < -0.3 is 10.6 Å². The lowest BCUT2D eigenvalue weighted by atomic mass is 10.1. The predicted octanol–water partition coefficient (Wildman–Crippen LogP) is 3.95. The van der Waals surface area contributed by atoms with Crippen molar-refractivity contribution in [3.05, 3.63) is 54.1 Å². The van der Waals surface area contributed by atoms with Crippen LogP contribution >= 0.6 is 0 Å². The van der Waals surface area contributed by atoms with Crippen LogP contribution in [0.15, 0.2) is 48.5 Å². The normalized spacial score (nSPS) is 10.0. The second kappa shape index (κ2) is 6.05. The summed E-state index contributed by atoms with van der Waals surface area (Å²) in [5, 5.41) is 6.07. The molecule has 2 aromatic carbocycles. The summed E-state index contributed by atoms with van der Waals surface area (Å²) in [7, 11) is 0. The SMILES string of the molecule is CCc1ccc(Nc2ccc(NC(C)=O)cc2)cc1. The van der Waals surface area contributed by atoms with Gasteiger partial charge in [-0.3, -0.25) is 4.79 Å². The third-order valence-electron chi connectivity index (χ3n) is 2.86. The maximum atomic E-state index is 10.9. The molecule has 0 aliphatic carbocycles. The van der Waals surface area contributed by atoms with E-state index in [-0.39, 0.29) is 5.91 Å². The quantitative estimate of drug-likeness (QED) is 0.867. The van der Waals surface area contributed by atoms with Crippen molar-refractivity contribution >= 4 is 23.0 Å². The Kier molecular flexibility index (Phi) is 4.18. The van der Waals surface area contributed by atoms with E-state index in [0.29, 0.717) is 0 Å². The van der Waals surface area contributed by atoms with Gasteiger partial charge in [-0.05, 0) is 48.4 Å². The van der Waals surface area contributed by atoms with Crippen LogP contribution in [0.25, 0.3) is 0 Å². The van der Waals surface area contributed by atoms with Crippen LogP contribution in [0.3, 0.4) is 0 Å². The van der Waals surface area contributed by atoms with Crippen molar-refractivity contribution in [3.8, 4) is 0 Å². The maximum absolute atomic E-state index is 10.9. The zero-order valence-corrected chi connectivity index (χ0v) is 11.2. The average Bonchev–Trinajstić information content (AvgIpc) is 2.41. The molecule has 0 saturated heterocycles. The number of benzene rings is 2. The monoisotopic (exact) mass is 254 g/mol. The summed E-state index contributed by atoms with van der Waals surface area (Å²) in [5.74, 6) is -0.0594. The highest BCUT2D eigenvalue weighted by Crippen LogP contribution is 2.19. The molecule has 2 N–H and O–H groups in total. The molecule has 98 valence electrons. The zero-order valence-electron chi connectivity index (χ0n) is 11.2. The van der Waals surface area contributed by atoms with Gasteiger partial charge in [0.25, 0.3) is 0 Å². The Morgan fingerprint density at radius 2 is 1.37 bits per heavy atom. The highest BCUT2D eigenvalue weighted by Gasteiger charge is 1.97. The summed E-state index contributed by atoms with van der Waals surface area (Å²) in [6.45, 7) is 3.64. The lowest BCUT2D eigenvalue weighted by molar-refractivity contribution is -0.114. The van der Waals surface area contributed by atoms with Gasteiger partial charge in [-0.15, -0.1) is 0 Å². The van der Waals surface area contributed by atoms with Gasteiger partial charge in [-0.1, -0.05) is 19.1 Å². The summed E-state index contributed by atoms with van der Waals surface area (Å²) in [5.41, 5.74) is 4.19. The van der Waals surface area contributed by atoms with Crippen LogP contribution in [0.1, 0.15) is 19.4 Å². The molecule has 2 aromatic rings. The van der Waals surface area contributed by atoms with Crippen molar-refractivity contribution < 1.29 is 4.79 Å². The highest BCUT2D eigenvalue weighted by molar-refractivity contribution is 5.88. The molecule has 1 amide bonds. The van der Waals surface area contributed by atoms with Crippen molar-refractivity contribution in [2.75, 3.05) is 10.6 Å². The lowest BCUT2D eigenvalue weighted by Crippen LogP contribution is -2.05. The van der Waals surface area contributed by atoms with Crippen LogP contribution < -0.4 is 10.6 Å². The molecule has 0 bridgehead atoms. The first-order valence-corrected chi connectivity index (χ1v) is 6.41. The van der Waals surface area contributed by atoms with Crippen LogP contribution in [-0.2, 0) is 11.2 Å². The number of aryl methyl sites for hydroxylation is 1. The van der Waals surface area contributed by atoms with Gasteiger partial charge in [0.1, 0.15) is 0 Å². The summed E-state index contributed by atoms with van der Waals surface area (Å²) in [4.78, 5) is 10.9. The Balaban J connectivity index is 2.04. The zero-order chi connectivity index (χ0) is 13.7. The number of rotatable bonds is 4. The largest absolute Gasteiger partial charge is 0.356 e. The van der Waals surface area contributed by atoms with E-state index in [1.807, 2.05) is 24.3 Å². The molecule has 3 heteroatoms. The van der Waals surface area contributed by atoms with Gasteiger partial charge in [0.05, 0.1) is 0 Å². The van der Waals surface area contributed by atoms with Crippen molar-refractivity contribution in [2.45, 2.75) is 20.3 Å². The Bertz CT molecular complexity index is 544. The molecule has 0 unspecified atom stereocenters. The molecule has 0 radical (unpaired) electrons. The first-order chi connectivity index (χ1) is 9.17.